The Labute approximate surface area is 146 Å². The second kappa shape index (κ2) is 7.49. The maximum Gasteiger partial charge on any atom is 0.261 e. The molecule has 0 aliphatic carbocycles. The third kappa shape index (κ3) is 4.14. The van der Waals surface area contributed by atoms with Crippen LogP contribution in [-0.2, 0) is 6.42 Å². The van der Waals surface area contributed by atoms with E-state index >= 15 is 0 Å². The standard InChI is InChI=1S/C20H18N2O3/c1-25-19-10-9-18(13-17(19)12-15-6-3-2-4-7-15)21-20(23)16-8-5-11-22(24)14-16/h2-11,13-14H,12H2,1H3,(H,21,23). The molecule has 0 spiro atoms. The van der Waals surface area contributed by atoms with E-state index in [1.807, 2.05) is 42.5 Å². The van der Waals surface area contributed by atoms with Crippen LogP contribution >= 0.6 is 0 Å². The number of ether oxygens (including phenoxy) is 1. The number of rotatable bonds is 5. The average molecular weight is 334 g/mol. The van der Waals surface area contributed by atoms with Crippen LogP contribution in [0.25, 0.3) is 0 Å². The van der Waals surface area contributed by atoms with Crippen molar-refractivity contribution in [2.24, 2.45) is 0 Å². The van der Waals surface area contributed by atoms with Crippen molar-refractivity contribution in [1.29, 1.82) is 0 Å². The van der Waals surface area contributed by atoms with Crippen molar-refractivity contribution in [2.45, 2.75) is 6.42 Å². The van der Waals surface area contributed by atoms with Crippen LogP contribution in [0.2, 0.25) is 0 Å². The molecule has 3 aromatic rings. The van der Waals surface area contributed by atoms with Crippen LogP contribution in [0.15, 0.2) is 73.1 Å². The highest BCUT2D eigenvalue weighted by atomic mass is 16.5. The number of pyridine rings is 1. The van der Waals surface area contributed by atoms with Crippen LogP contribution in [0.3, 0.4) is 0 Å². The molecule has 25 heavy (non-hydrogen) atoms. The van der Waals surface area contributed by atoms with Gasteiger partial charge in [-0.2, -0.15) is 4.73 Å². The van der Waals surface area contributed by atoms with Gasteiger partial charge in [-0.3, -0.25) is 4.79 Å². The predicted octanol–water partition coefficient (Wildman–Crippen LogP) is 3.17. The van der Waals surface area contributed by atoms with Gasteiger partial charge in [0.15, 0.2) is 12.4 Å². The molecule has 0 atom stereocenters. The number of methoxy groups -OCH3 is 1. The summed E-state index contributed by atoms with van der Waals surface area (Å²) in [5.41, 5.74) is 3.08. The first-order chi connectivity index (χ1) is 12.2. The van der Waals surface area contributed by atoms with Gasteiger partial charge in [0.25, 0.3) is 5.91 Å². The topological polar surface area (TPSA) is 65.3 Å². The molecule has 0 radical (unpaired) electrons. The van der Waals surface area contributed by atoms with Gasteiger partial charge in [0.2, 0.25) is 0 Å². The number of nitrogens with one attached hydrogen (secondary N) is 1. The Kier molecular flexibility index (Phi) is 4.95. The van der Waals surface area contributed by atoms with Crippen LogP contribution in [-0.4, -0.2) is 13.0 Å². The largest absolute Gasteiger partial charge is 0.619 e. The monoisotopic (exact) mass is 334 g/mol. The lowest BCUT2D eigenvalue weighted by Gasteiger charge is -2.12. The van der Waals surface area contributed by atoms with Gasteiger partial charge in [0.1, 0.15) is 11.3 Å². The van der Waals surface area contributed by atoms with E-state index < -0.39 is 0 Å². The van der Waals surface area contributed by atoms with Crippen molar-refractivity contribution >= 4 is 11.6 Å². The first kappa shape index (κ1) is 16.5. The summed E-state index contributed by atoms with van der Waals surface area (Å²) in [6.07, 6.45) is 3.27. The number of carbonyl (C=O) groups excluding carboxylic acids is 1. The molecular weight excluding hydrogens is 316 g/mol. The highest BCUT2D eigenvalue weighted by Gasteiger charge is 2.11. The number of aromatic nitrogens is 1. The Morgan fingerprint density at radius 3 is 2.64 bits per heavy atom. The number of hydrogen-bond acceptors (Lipinski definition) is 3. The molecule has 0 bridgehead atoms. The minimum absolute atomic E-state index is 0.304. The lowest BCUT2D eigenvalue weighted by atomic mass is 10.0. The van der Waals surface area contributed by atoms with Crippen LogP contribution in [0.5, 0.6) is 5.75 Å². The molecule has 0 aliphatic heterocycles. The van der Waals surface area contributed by atoms with E-state index in [2.05, 4.69) is 5.32 Å². The summed E-state index contributed by atoms with van der Waals surface area (Å²) in [5, 5.41) is 14.1. The highest BCUT2D eigenvalue weighted by molar-refractivity contribution is 6.03. The number of hydrogen-bond donors (Lipinski definition) is 1. The molecular formula is C20H18N2O3. The fourth-order valence-corrected chi connectivity index (χ4v) is 2.60. The van der Waals surface area contributed by atoms with Gasteiger partial charge in [-0.05, 0) is 29.8 Å². The zero-order valence-corrected chi connectivity index (χ0v) is 13.8. The van der Waals surface area contributed by atoms with Crippen molar-refractivity contribution in [3.8, 4) is 5.75 Å². The number of amides is 1. The third-order valence-electron chi connectivity index (χ3n) is 3.81. The summed E-state index contributed by atoms with van der Waals surface area (Å²) in [5.74, 6) is 0.431. The van der Waals surface area contributed by atoms with Crippen molar-refractivity contribution in [1.82, 2.24) is 0 Å². The minimum atomic E-state index is -0.332. The molecule has 2 aromatic carbocycles. The third-order valence-corrected chi connectivity index (χ3v) is 3.81. The second-order valence-corrected chi connectivity index (χ2v) is 5.60. The Morgan fingerprint density at radius 1 is 1.12 bits per heavy atom. The summed E-state index contributed by atoms with van der Waals surface area (Å²) in [4.78, 5) is 12.3. The smallest absolute Gasteiger partial charge is 0.261 e. The Hall–Kier alpha value is -3.34. The average Bonchev–Trinajstić information content (AvgIpc) is 2.63. The SMILES string of the molecule is COc1ccc(NC(=O)c2ccc[n+]([O-])c2)cc1Cc1ccccc1. The maximum absolute atomic E-state index is 12.3. The van der Waals surface area contributed by atoms with Gasteiger partial charge in [0, 0.05) is 23.7 Å². The second-order valence-electron chi connectivity index (χ2n) is 5.60. The number of nitrogens with zero attached hydrogens (tertiary/aromatic N) is 1. The molecule has 0 unspecified atom stereocenters. The Balaban J connectivity index is 1.82. The van der Waals surface area contributed by atoms with E-state index in [1.165, 1.54) is 18.5 Å². The fraction of sp³-hybridized carbons (Fsp3) is 0.100. The van der Waals surface area contributed by atoms with Gasteiger partial charge in [0.05, 0.1) is 7.11 Å². The number of anilines is 1. The van der Waals surface area contributed by atoms with Crippen LogP contribution in [0.1, 0.15) is 21.5 Å². The van der Waals surface area contributed by atoms with Gasteiger partial charge < -0.3 is 15.3 Å². The van der Waals surface area contributed by atoms with Crippen molar-refractivity contribution < 1.29 is 14.3 Å². The zero-order chi connectivity index (χ0) is 17.6. The molecule has 1 aromatic heterocycles. The lowest BCUT2D eigenvalue weighted by Crippen LogP contribution is -2.27. The first-order valence-electron chi connectivity index (χ1n) is 7.87. The molecule has 1 amide bonds. The molecule has 0 saturated carbocycles. The van der Waals surface area contributed by atoms with E-state index in [-0.39, 0.29) is 5.91 Å². The summed E-state index contributed by atoms with van der Waals surface area (Å²) >= 11 is 0. The molecule has 5 heteroatoms. The molecule has 0 saturated heterocycles. The van der Waals surface area contributed by atoms with E-state index in [1.54, 1.807) is 19.2 Å². The maximum atomic E-state index is 12.3. The number of carbonyl (C=O) groups is 1. The molecule has 0 fully saturated rings. The first-order valence-corrected chi connectivity index (χ1v) is 7.87. The summed E-state index contributed by atoms with van der Waals surface area (Å²) in [6.45, 7) is 0. The van der Waals surface area contributed by atoms with Crippen LogP contribution in [0, 0.1) is 5.21 Å². The van der Waals surface area contributed by atoms with Crippen LogP contribution < -0.4 is 14.8 Å². The minimum Gasteiger partial charge on any atom is -0.619 e. The summed E-state index contributed by atoms with van der Waals surface area (Å²) in [6, 6.07) is 18.7. The van der Waals surface area contributed by atoms with E-state index in [9.17, 15) is 10.0 Å². The fourth-order valence-electron chi connectivity index (χ4n) is 2.60. The van der Waals surface area contributed by atoms with E-state index in [0.717, 1.165) is 16.9 Å². The molecule has 5 nitrogen and oxygen atoms in total. The highest BCUT2D eigenvalue weighted by Crippen LogP contribution is 2.25. The quantitative estimate of drug-likeness (QED) is 0.576. The van der Waals surface area contributed by atoms with Gasteiger partial charge in [-0.25, -0.2) is 0 Å². The molecule has 126 valence electrons. The van der Waals surface area contributed by atoms with Gasteiger partial charge in [-0.15, -0.1) is 0 Å². The van der Waals surface area contributed by atoms with Crippen LogP contribution in [0.4, 0.5) is 5.69 Å². The zero-order valence-electron chi connectivity index (χ0n) is 13.8. The molecule has 3 rings (SSSR count). The van der Waals surface area contributed by atoms with Gasteiger partial charge in [-0.1, -0.05) is 30.3 Å². The Morgan fingerprint density at radius 2 is 1.92 bits per heavy atom. The van der Waals surface area contributed by atoms with E-state index in [0.29, 0.717) is 22.4 Å². The number of benzene rings is 2. The lowest BCUT2D eigenvalue weighted by molar-refractivity contribution is -0.605. The summed E-state index contributed by atoms with van der Waals surface area (Å²) < 4.78 is 6.02. The van der Waals surface area contributed by atoms with Crippen molar-refractivity contribution in [3.05, 3.63) is 95.0 Å². The molecule has 1 heterocycles. The predicted molar refractivity (Wildman–Crippen MR) is 95.6 cm³/mol. The summed E-state index contributed by atoms with van der Waals surface area (Å²) in [7, 11) is 1.62. The van der Waals surface area contributed by atoms with Gasteiger partial charge >= 0.3 is 0 Å². The Bertz CT molecular complexity index is 879. The van der Waals surface area contributed by atoms with E-state index in [4.69, 9.17) is 4.74 Å². The van der Waals surface area contributed by atoms with Crippen molar-refractivity contribution in [2.75, 3.05) is 12.4 Å². The van der Waals surface area contributed by atoms with Crippen molar-refractivity contribution in [3.63, 3.8) is 0 Å². The molecule has 1 N–H and O–H groups in total. The normalized spacial score (nSPS) is 10.3. The molecule has 0 aliphatic rings.